The summed E-state index contributed by atoms with van der Waals surface area (Å²) in [7, 11) is 4.25. The molecule has 19 heavy (non-hydrogen) atoms. The van der Waals surface area contributed by atoms with Crippen molar-refractivity contribution < 1.29 is 9.84 Å². The molecule has 1 heterocycles. The summed E-state index contributed by atoms with van der Waals surface area (Å²) in [5, 5.41) is 10.2. The van der Waals surface area contributed by atoms with Crippen molar-refractivity contribution in [3.05, 3.63) is 23.8 Å². The van der Waals surface area contributed by atoms with Crippen molar-refractivity contribution >= 4 is 0 Å². The Labute approximate surface area is 115 Å². The first-order valence-corrected chi connectivity index (χ1v) is 6.94. The number of aromatic hydroxyl groups is 1. The second kappa shape index (κ2) is 6.26. The third-order valence-electron chi connectivity index (χ3n) is 3.75. The van der Waals surface area contributed by atoms with E-state index in [9.17, 15) is 5.11 Å². The molecule has 1 N–H and O–H groups in total. The number of benzene rings is 1. The topological polar surface area (TPSA) is 35.9 Å². The molecule has 0 radical (unpaired) electrons. The molecule has 2 rings (SSSR count). The summed E-state index contributed by atoms with van der Waals surface area (Å²) in [4.78, 5) is 4.66. The minimum absolute atomic E-state index is 0.289. The smallest absolute Gasteiger partial charge is 0.162 e. The quantitative estimate of drug-likeness (QED) is 0.881. The van der Waals surface area contributed by atoms with Gasteiger partial charge in [-0.25, -0.2) is 0 Å². The Morgan fingerprint density at radius 2 is 2.21 bits per heavy atom. The van der Waals surface area contributed by atoms with Gasteiger partial charge in [-0.3, -0.25) is 4.90 Å². The van der Waals surface area contributed by atoms with Gasteiger partial charge >= 0.3 is 0 Å². The number of likely N-dealkylation sites (tertiary alicyclic amines) is 1. The van der Waals surface area contributed by atoms with E-state index in [-0.39, 0.29) is 5.75 Å². The number of likely N-dealkylation sites (N-methyl/N-ethyl adjacent to an activating group) is 1. The van der Waals surface area contributed by atoms with Crippen LogP contribution in [0.25, 0.3) is 0 Å². The largest absolute Gasteiger partial charge is 0.504 e. The lowest BCUT2D eigenvalue weighted by Gasteiger charge is -2.21. The summed E-state index contributed by atoms with van der Waals surface area (Å²) >= 11 is 0. The number of hydrogen-bond acceptors (Lipinski definition) is 4. The maximum absolute atomic E-state index is 10.2. The predicted octanol–water partition coefficient (Wildman–Crippen LogP) is 1.93. The number of para-hydroxylation sites is 1. The number of rotatable bonds is 5. The first-order chi connectivity index (χ1) is 9.11. The molecule has 1 unspecified atom stereocenters. The van der Waals surface area contributed by atoms with Crippen LogP contribution in [0, 0.1) is 0 Å². The van der Waals surface area contributed by atoms with Crippen molar-refractivity contribution in [3.63, 3.8) is 0 Å². The molecule has 1 saturated heterocycles. The lowest BCUT2D eigenvalue weighted by Crippen LogP contribution is -2.31. The molecule has 1 aromatic carbocycles. The van der Waals surface area contributed by atoms with Crippen LogP contribution in [0.15, 0.2) is 18.2 Å². The summed E-state index contributed by atoms with van der Waals surface area (Å²) in [6, 6.07) is 6.35. The monoisotopic (exact) mass is 264 g/mol. The van der Waals surface area contributed by atoms with Gasteiger partial charge in [-0.2, -0.15) is 0 Å². The highest BCUT2D eigenvalue weighted by Crippen LogP contribution is 2.31. The van der Waals surface area contributed by atoms with Gasteiger partial charge in [0.25, 0.3) is 0 Å². The fourth-order valence-corrected chi connectivity index (χ4v) is 2.59. The van der Waals surface area contributed by atoms with E-state index >= 15 is 0 Å². The third kappa shape index (κ3) is 3.39. The second-order valence-electron chi connectivity index (χ2n) is 5.34. The Kier molecular flexibility index (Phi) is 4.66. The molecule has 4 heteroatoms. The zero-order chi connectivity index (χ0) is 13.8. The molecule has 1 aliphatic rings. The molecule has 0 amide bonds. The molecule has 0 aromatic heterocycles. The Morgan fingerprint density at radius 3 is 2.84 bits per heavy atom. The summed E-state index contributed by atoms with van der Waals surface area (Å²) < 4.78 is 5.42. The van der Waals surface area contributed by atoms with Crippen LogP contribution in [0.4, 0.5) is 0 Å². The van der Waals surface area contributed by atoms with E-state index in [0.29, 0.717) is 18.4 Å². The molecule has 0 saturated carbocycles. The van der Waals surface area contributed by atoms with Crippen LogP contribution in [0.2, 0.25) is 0 Å². The molecule has 0 spiro atoms. The summed E-state index contributed by atoms with van der Waals surface area (Å²) in [5.41, 5.74) is 0.949. The van der Waals surface area contributed by atoms with Gasteiger partial charge in [-0.15, -0.1) is 0 Å². The highest BCUT2D eigenvalue weighted by atomic mass is 16.5. The van der Waals surface area contributed by atoms with Crippen molar-refractivity contribution in [2.75, 3.05) is 33.8 Å². The summed E-state index contributed by atoms with van der Waals surface area (Å²) in [5.74, 6) is 0.876. The minimum atomic E-state index is 0.289. The van der Waals surface area contributed by atoms with Crippen LogP contribution < -0.4 is 4.74 Å². The van der Waals surface area contributed by atoms with Gasteiger partial charge in [0.1, 0.15) is 0 Å². The molecule has 0 bridgehead atoms. The zero-order valence-electron chi connectivity index (χ0n) is 12.1. The third-order valence-corrected chi connectivity index (χ3v) is 3.75. The number of nitrogens with zero attached hydrogens (tertiary/aromatic N) is 2. The Bertz CT molecular complexity index is 421. The van der Waals surface area contributed by atoms with Gasteiger partial charge in [-0.05, 0) is 33.5 Å². The maximum Gasteiger partial charge on any atom is 0.162 e. The van der Waals surface area contributed by atoms with E-state index in [1.54, 1.807) is 0 Å². The number of phenols is 1. The average Bonchev–Trinajstić information content (AvgIpc) is 2.83. The Balaban J connectivity index is 2.02. The van der Waals surface area contributed by atoms with Crippen LogP contribution in [-0.4, -0.2) is 54.7 Å². The minimum Gasteiger partial charge on any atom is -0.504 e. The van der Waals surface area contributed by atoms with Gasteiger partial charge in [0, 0.05) is 31.2 Å². The first-order valence-electron chi connectivity index (χ1n) is 6.94. The standard InChI is InChI=1S/C15H24N2O2/c1-4-19-14-7-5-6-12(15(14)18)10-17-9-8-13(11-17)16(2)3/h5-7,13,18H,4,8-11H2,1-3H3. The molecule has 1 aromatic rings. The normalized spacial score (nSPS) is 20.1. The van der Waals surface area contributed by atoms with Crippen LogP contribution >= 0.6 is 0 Å². The number of phenolic OH excluding ortho intramolecular Hbond substituents is 1. The summed E-state index contributed by atoms with van der Waals surface area (Å²) in [6.45, 7) is 5.43. The molecule has 106 valence electrons. The maximum atomic E-state index is 10.2. The van der Waals surface area contributed by atoms with Crippen molar-refractivity contribution in [2.45, 2.75) is 25.9 Å². The molecule has 1 atom stereocenters. The van der Waals surface area contributed by atoms with Crippen LogP contribution in [0.5, 0.6) is 11.5 Å². The van der Waals surface area contributed by atoms with Crippen LogP contribution in [-0.2, 0) is 6.54 Å². The highest BCUT2D eigenvalue weighted by Gasteiger charge is 2.24. The van der Waals surface area contributed by atoms with Gasteiger partial charge in [0.2, 0.25) is 0 Å². The molecule has 4 nitrogen and oxygen atoms in total. The van der Waals surface area contributed by atoms with Gasteiger partial charge in [0.15, 0.2) is 11.5 Å². The van der Waals surface area contributed by atoms with Crippen molar-refractivity contribution in [2.24, 2.45) is 0 Å². The Morgan fingerprint density at radius 1 is 1.42 bits per heavy atom. The first kappa shape index (κ1) is 14.2. The lowest BCUT2D eigenvalue weighted by atomic mass is 10.1. The highest BCUT2D eigenvalue weighted by molar-refractivity contribution is 5.45. The van der Waals surface area contributed by atoms with E-state index < -0.39 is 0 Å². The SMILES string of the molecule is CCOc1cccc(CN2CCC(N(C)C)C2)c1O. The molecular weight excluding hydrogens is 240 g/mol. The fraction of sp³-hybridized carbons (Fsp3) is 0.600. The van der Waals surface area contributed by atoms with E-state index in [1.807, 2.05) is 25.1 Å². The van der Waals surface area contributed by atoms with Crippen LogP contribution in [0.1, 0.15) is 18.9 Å². The number of hydrogen-bond donors (Lipinski definition) is 1. The summed E-state index contributed by atoms with van der Waals surface area (Å²) in [6.07, 6.45) is 1.19. The predicted molar refractivity (Wildman–Crippen MR) is 76.6 cm³/mol. The molecule has 1 fully saturated rings. The van der Waals surface area contributed by atoms with Gasteiger partial charge < -0.3 is 14.7 Å². The average molecular weight is 264 g/mol. The molecule has 0 aliphatic carbocycles. The van der Waals surface area contributed by atoms with Crippen molar-refractivity contribution in [3.8, 4) is 11.5 Å². The van der Waals surface area contributed by atoms with Crippen LogP contribution in [0.3, 0.4) is 0 Å². The molecular formula is C15H24N2O2. The second-order valence-corrected chi connectivity index (χ2v) is 5.34. The van der Waals surface area contributed by atoms with E-state index in [1.165, 1.54) is 6.42 Å². The lowest BCUT2D eigenvalue weighted by molar-refractivity contribution is 0.261. The Hall–Kier alpha value is -1.26. The molecule has 1 aliphatic heterocycles. The zero-order valence-corrected chi connectivity index (χ0v) is 12.1. The van der Waals surface area contributed by atoms with Gasteiger partial charge in [-0.1, -0.05) is 12.1 Å². The van der Waals surface area contributed by atoms with Crippen molar-refractivity contribution in [1.82, 2.24) is 9.80 Å². The van der Waals surface area contributed by atoms with Crippen molar-refractivity contribution in [1.29, 1.82) is 0 Å². The van der Waals surface area contributed by atoms with E-state index in [2.05, 4.69) is 23.9 Å². The van der Waals surface area contributed by atoms with Gasteiger partial charge in [0.05, 0.1) is 6.61 Å². The van der Waals surface area contributed by atoms with E-state index in [0.717, 1.165) is 25.2 Å². The fourth-order valence-electron chi connectivity index (χ4n) is 2.59. The number of ether oxygens (including phenoxy) is 1. The van der Waals surface area contributed by atoms with E-state index in [4.69, 9.17) is 4.74 Å².